The lowest BCUT2D eigenvalue weighted by molar-refractivity contribution is -0.141. The Bertz CT molecular complexity index is 1170. The largest absolute Gasteiger partial charge is 0.490 e. The van der Waals surface area contributed by atoms with Gasteiger partial charge in [0.25, 0.3) is 0 Å². The van der Waals surface area contributed by atoms with E-state index >= 15 is 0 Å². The van der Waals surface area contributed by atoms with Crippen LogP contribution in [-0.4, -0.2) is 61.8 Å². The number of ether oxygens (including phenoxy) is 4. The summed E-state index contributed by atoms with van der Waals surface area (Å²) in [5, 5.41) is 18.0. The van der Waals surface area contributed by atoms with Crippen LogP contribution in [0, 0.1) is 12.8 Å². The van der Waals surface area contributed by atoms with E-state index in [4.69, 9.17) is 29.2 Å². The lowest BCUT2D eigenvalue weighted by Gasteiger charge is -2.29. The number of rotatable bonds is 16. The fourth-order valence-electron chi connectivity index (χ4n) is 5.31. The molecule has 0 unspecified atom stereocenters. The van der Waals surface area contributed by atoms with Crippen LogP contribution in [-0.2, 0) is 19.1 Å². The average Bonchev–Trinajstić information content (AvgIpc) is 3.00. The van der Waals surface area contributed by atoms with Crippen molar-refractivity contribution in [1.82, 2.24) is 0 Å². The minimum absolute atomic E-state index is 0.0166. The van der Waals surface area contributed by atoms with Gasteiger partial charge in [0.1, 0.15) is 37.9 Å². The van der Waals surface area contributed by atoms with E-state index in [0.717, 1.165) is 17.0 Å². The summed E-state index contributed by atoms with van der Waals surface area (Å²) >= 11 is 0. The molecule has 1 saturated carbocycles. The molecule has 8 heteroatoms. The second kappa shape index (κ2) is 16.7. The van der Waals surface area contributed by atoms with Crippen molar-refractivity contribution in [2.45, 2.75) is 58.3 Å². The second-order valence-corrected chi connectivity index (χ2v) is 10.8. The molecule has 2 N–H and O–H groups in total. The lowest BCUT2D eigenvalue weighted by atomic mass is 9.76. The number of hydrogen-bond donors (Lipinski definition) is 2. The highest BCUT2D eigenvalue weighted by molar-refractivity contribution is 5.88. The smallest absolute Gasteiger partial charge is 0.335 e. The van der Waals surface area contributed by atoms with Crippen molar-refractivity contribution in [3.8, 4) is 22.6 Å². The fraction of sp³-hybridized carbons (Fsp3) is 0.471. The highest BCUT2D eigenvalue weighted by Gasteiger charge is 2.23. The molecule has 0 spiro atoms. The Morgan fingerprint density at radius 3 is 1.81 bits per heavy atom. The zero-order chi connectivity index (χ0) is 30.5. The Hall–Kier alpha value is -3.62. The van der Waals surface area contributed by atoms with Crippen molar-refractivity contribution in [2.24, 2.45) is 5.92 Å². The van der Waals surface area contributed by atoms with Gasteiger partial charge in [-0.1, -0.05) is 51.1 Å². The van der Waals surface area contributed by atoms with Gasteiger partial charge < -0.3 is 29.2 Å². The van der Waals surface area contributed by atoms with Crippen LogP contribution < -0.4 is 9.47 Å². The molecule has 1 aliphatic carbocycles. The molecule has 42 heavy (non-hydrogen) atoms. The predicted octanol–water partition coefficient (Wildman–Crippen LogP) is 5.68. The van der Waals surface area contributed by atoms with Gasteiger partial charge >= 0.3 is 11.9 Å². The molecule has 8 nitrogen and oxygen atoms in total. The molecular formula is C34H44O8. The maximum Gasteiger partial charge on any atom is 0.335 e. The van der Waals surface area contributed by atoms with Crippen LogP contribution in [0.2, 0.25) is 0 Å². The Balaban J connectivity index is 1.72. The summed E-state index contributed by atoms with van der Waals surface area (Å²) in [4.78, 5) is 23.5. The number of aliphatic hydroxyl groups excluding tert-OH is 2. The fourth-order valence-corrected chi connectivity index (χ4v) is 5.31. The molecule has 0 aliphatic heterocycles. The van der Waals surface area contributed by atoms with E-state index < -0.39 is 25.2 Å². The minimum atomic E-state index is -0.674. The lowest BCUT2D eigenvalue weighted by Crippen LogP contribution is -2.15. The average molecular weight is 581 g/mol. The number of hydrogen-bond acceptors (Lipinski definition) is 8. The first-order valence-electron chi connectivity index (χ1n) is 14.7. The SMILES string of the molecule is C=C(CO)C(=O)OCCOc1cc(OCCOC(=O)C(=C)CO)cc(-c2ccc(C3CCC(CCC)CC3)c(C)c2)c1. The summed E-state index contributed by atoms with van der Waals surface area (Å²) in [5.41, 5.74) is 4.53. The number of aliphatic hydroxyl groups is 2. The molecule has 228 valence electrons. The number of carbonyl (C=O) groups excluding carboxylic acids is 2. The van der Waals surface area contributed by atoms with Gasteiger partial charge in [-0.15, -0.1) is 0 Å². The summed E-state index contributed by atoms with van der Waals surface area (Å²) in [6.07, 6.45) is 7.65. The molecule has 0 saturated heterocycles. The van der Waals surface area contributed by atoms with E-state index in [1.165, 1.54) is 49.7 Å². The highest BCUT2D eigenvalue weighted by atomic mass is 16.6. The van der Waals surface area contributed by atoms with Crippen LogP contribution in [0.15, 0.2) is 60.7 Å². The monoisotopic (exact) mass is 580 g/mol. The number of benzene rings is 2. The Labute approximate surface area is 248 Å². The molecule has 2 aromatic rings. The molecule has 3 rings (SSSR count). The normalized spacial score (nSPS) is 16.4. The van der Waals surface area contributed by atoms with Gasteiger partial charge in [0.2, 0.25) is 0 Å². The van der Waals surface area contributed by atoms with E-state index in [0.29, 0.717) is 17.4 Å². The van der Waals surface area contributed by atoms with Crippen LogP contribution in [0.25, 0.3) is 11.1 Å². The standard InChI is InChI=1S/C34H44O8/c1-5-6-26-7-9-27(10-8-26)32-12-11-28(17-23(32)2)29-18-30(39-13-15-41-33(37)24(3)21-35)20-31(19-29)40-14-16-42-34(38)25(4)22-36/h11-12,17-20,26-27,35-36H,3-10,13-16,21-22H2,1-2H3. The molecule has 2 aromatic carbocycles. The zero-order valence-electron chi connectivity index (χ0n) is 24.9. The minimum Gasteiger partial charge on any atom is -0.490 e. The van der Waals surface area contributed by atoms with E-state index in [-0.39, 0.29) is 37.6 Å². The van der Waals surface area contributed by atoms with Crippen molar-refractivity contribution in [2.75, 3.05) is 39.6 Å². The van der Waals surface area contributed by atoms with Gasteiger partial charge in [-0.05, 0) is 78.8 Å². The second-order valence-electron chi connectivity index (χ2n) is 10.8. The molecule has 0 heterocycles. The molecule has 0 atom stereocenters. The number of carbonyl (C=O) groups is 2. The summed E-state index contributed by atoms with van der Waals surface area (Å²) in [5.74, 6) is 1.14. The summed E-state index contributed by atoms with van der Waals surface area (Å²) < 4.78 is 21.9. The van der Waals surface area contributed by atoms with E-state index in [2.05, 4.69) is 45.2 Å². The van der Waals surface area contributed by atoms with Crippen LogP contribution >= 0.6 is 0 Å². The Morgan fingerprint density at radius 2 is 1.33 bits per heavy atom. The van der Waals surface area contributed by atoms with Crippen LogP contribution in [0.4, 0.5) is 0 Å². The maximum atomic E-state index is 11.7. The summed E-state index contributed by atoms with van der Waals surface area (Å²) in [6, 6.07) is 12.1. The van der Waals surface area contributed by atoms with E-state index in [1.807, 2.05) is 12.1 Å². The molecule has 0 radical (unpaired) electrons. The van der Waals surface area contributed by atoms with Crippen molar-refractivity contribution < 1.29 is 38.7 Å². The van der Waals surface area contributed by atoms with Gasteiger partial charge in [-0.3, -0.25) is 0 Å². The third kappa shape index (κ3) is 9.74. The van der Waals surface area contributed by atoms with E-state index in [1.54, 1.807) is 6.07 Å². The Morgan fingerprint density at radius 1 is 0.786 bits per heavy atom. The molecule has 0 amide bonds. The quantitative estimate of drug-likeness (QED) is 0.148. The third-order valence-corrected chi connectivity index (χ3v) is 7.60. The Kier molecular flexibility index (Phi) is 13.1. The van der Waals surface area contributed by atoms with Crippen molar-refractivity contribution >= 4 is 11.9 Å². The van der Waals surface area contributed by atoms with E-state index in [9.17, 15) is 9.59 Å². The summed E-state index contributed by atoms with van der Waals surface area (Å²) in [7, 11) is 0. The predicted molar refractivity (Wildman–Crippen MR) is 162 cm³/mol. The first-order chi connectivity index (χ1) is 20.2. The molecule has 0 bridgehead atoms. The van der Waals surface area contributed by atoms with Crippen molar-refractivity contribution in [1.29, 1.82) is 0 Å². The first-order valence-corrected chi connectivity index (χ1v) is 14.7. The van der Waals surface area contributed by atoms with Gasteiger partial charge in [0, 0.05) is 6.07 Å². The zero-order valence-corrected chi connectivity index (χ0v) is 24.9. The topological polar surface area (TPSA) is 112 Å². The van der Waals surface area contributed by atoms with Crippen molar-refractivity contribution in [3.63, 3.8) is 0 Å². The molecule has 0 aromatic heterocycles. The van der Waals surface area contributed by atoms with Gasteiger partial charge in [-0.2, -0.15) is 0 Å². The van der Waals surface area contributed by atoms with Crippen LogP contribution in [0.3, 0.4) is 0 Å². The molecular weight excluding hydrogens is 536 g/mol. The van der Waals surface area contributed by atoms with Crippen LogP contribution in [0.1, 0.15) is 62.5 Å². The third-order valence-electron chi connectivity index (χ3n) is 7.60. The van der Waals surface area contributed by atoms with Gasteiger partial charge in [0.15, 0.2) is 0 Å². The first kappa shape index (κ1) is 32.9. The number of aryl methyl sites for hydroxylation is 1. The number of esters is 2. The van der Waals surface area contributed by atoms with Crippen molar-refractivity contribution in [3.05, 3.63) is 71.8 Å². The molecule has 1 fully saturated rings. The maximum absolute atomic E-state index is 11.7. The van der Waals surface area contributed by atoms with Gasteiger partial charge in [-0.25, -0.2) is 9.59 Å². The summed E-state index contributed by atoms with van der Waals surface area (Å²) in [6.45, 7) is 10.5. The van der Waals surface area contributed by atoms with Crippen LogP contribution in [0.5, 0.6) is 11.5 Å². The highest BCUT2D eigenvalue weighted by Crippen LogP contribution is 2.40. The molecule has 1 aliphatic rings. The van der Waals surface area contributed by atoms with Gasteiger partial charge in [0.05, 0.1) is 24.4 Å².